The molecule has 2 heterocycles. The van der Waals surface area contributed by atoms with Crippen LogP contribution in [0.5, 0.6) is 5.75 Å². The Morgan fingerprint density at radius 3 is 2.75 bits per heavy atom. The molecule has 1 aromatic carbocycles. The number of nitrogens with one attached hydrogen (secondary N) is 3. The first kappa shape index (κ1) is 22.8. The number of carbonyl (C=O) groups excluding carboxylic acids is 1. The topological polar surface area (TPSA) is 148 Å². The number of carbonyl (C=O) groups is 1. The molecule has 3 aromatic rings. The van der Waals surface area contributed by atoms with Gasteiger partial charge in [-0.25, -0.2) is 4.98 Å². The van der Waals surface area contributed by atoms with Gasteiger partial charge in [0, 0.05) is 41.2 Å². The van der Waals surface area contributed by atoms with Gasteiger partial charge in [-0.15, -0.1) is 0 Å². The molecular weight excluding hydrogens is 408 g/mol. The lowest BCUT2D eigenvalue weighted by atomic mass is 10.1. The number of ether oxygens (including phenoxy) is 1. The highest BCUT2D eigenvalue weighted by atomic mass is 16.5. The van der Waals surface area contributed by atoms with E-state index in [1.807, 2.05) is 19.9 Å². The maximum atomic E-state index is 12.6. The molecule has 9 nitrogen and oxygen atoms in total. The number of aromatic nitrogens is 2. The molecule has 32 heavy (non-hydrogen) atoms. The summed E-state index contributed by atoms with van der Waals surface area (Å²) in [4.78, 5) is 32.5. The third kappa shape index (κ3) is 5.25. The summed E-state index contributed by atoms with van der Waals surface area (Å²) in [6.07, 6.45) is 2.71. The van der Waals surface area contributed by atoms with E-state index in [1.165, 1.54) is 6.20 Å². The van der Waals surface area contributed by atoms with E-state index in [0.717, 1.165) is 11.1 Å². The Labute approximate surface area is 185 Å². The lowest BCUT2D eigenvalue weighted by Crippen LogP contribution is -2.26. The normalized spacial score (nSPS) is 11.4. The molecule has 9 heteroatoms. The molecule has 0 atom stereocenters. The molecule has 0 aliphatic heterocycles. The summed E-state index contributed by atoms with van der Waals surface area (Å²) in [5.41, 5.74) is 11.1. The monoisotopic (exact) mass is 436 g/mol. The molecule has 0 spiro atoms. The van der Waals surface area contributed by atoms with Crippen molar-refractivity contribution in [2.75, 3.05) is 13.2 Å². The lowest BCUT2D eigenvalue weighted by Gasteiger charge is -2.12. The van der Waals surface area contributed by atoms with Crippen molar-refractivity contribution in [3.8, 4) is 17.0 Å². The number of benzene rings is 1. The van der Waals surface area contributed by atoms with E-state index >= 15 is 0 Å². The Hall–Kier alpha value is -3.85. The van der Waals surface area contributed by atoms with Gasteiger partial charge in [-0.2, -0.15) is 0 Å². The quantitative estimate of drug-likeness (QED) is 0.196. The van der Waals surface area contributed by atoms with Crippen LogP contribution in [0.15, 0.2) is 53.1 Å². The van der Waals surface area contributed by atoms with E-state index in [9.17, 15) is 9.59 Å². The van der Waals surface area contributed by atoms with Crippen LogP contribution in [-0.2, 0) is 0 Å². The molecule has 2 aromatic heterocycles. The fourth-order valence-electron chi connectivity index (χ4n) is 3.31. The molecule has 0 fully saturated rings. The summed E-state index contributed by atoms with van der Waals surface area (Å²) in [5, 5.41) is 3.65. The van der Waals surface area contributed by atoms with Gasteiger partial charge in [-0.3, -0.25) is 15.4 Å². The molecular formula is C23H28N6O3. The van der Waals surface area contributed by atoms with Crippen molar-refractivity contribution in [2.24, 2.45) is 11.6 Å². The van der Waals surface area contributed by atoms with Gasteiger partial charge in [0.1, 0.15) is 5.75 Å². The van der Waals surface area contributed by atoms with Crippen LogP contribution in [0.1, 0.15) is 35.8 Å². The maximum Gasteiger partial charge on any atom is 0.257 e. The third-order valence-corrected chi connectivity index (χ3v) is 4.96. The first-order valence-corrected chi connectivity index (χ1v) is 10.4. The van der Waals surface area contributed by atoms with Crippen molar-refractivity contribution in [1.29, 1.82) is 0 Å². The Kier molecular flexibility index (Phi) is 7.45. The molecule has 3 rings (SSSR count). The van der Waals surface area contributed by atoms with Gasteiger partial charge in [-0.05, 0) is 57.0 Å². The van der Waals surface area contributed by atoms with E-state index < -0.39 is 0 Å². The largest absolute Gasteiger partial charge is 0.493 e. The average molecular weight is 437 g/mol. The van der Waals surface area contributed by atoms with Crippen molar-refractivity contribution in [1.82, 2.24) is 20.7 Å². The zero-order valence-corrected chi connectivity index (χ0v) is 18.2. The fraction of sp³-hybridized carbons (Fsp3) is 0.261. The Bertz CT molecular complexity index is 1200. The van der Waals surface area contributed by atoms with Gasteiger partial charge in [0.15, 0.2) is 0 Å². The second-order valence-corrected chi connectivity index (χ2v) is 7.25. The Balaban J connectivity index is 1.89. The number of hydrazine groups is 1. The first-order valence-electron chi connectivity index (χ1n) is 10.4. The highest BCUT2D eigenvalue weighted by molar-refractivity contribution is 5.99. The van der Waals surface area contributed by atoms with Gasteiger partial charge in [0.25, 0.3) is 11.5 Å². The van der Waals surface area contributed by atoms with Crippen LogP contribution in [-0.4, -0.2) is 29.0 Å². The summed E-state index contributed by atoms with van der Waals surface area (Å²) in [5.74, 6) is 5.74. The summed E-state index contributed by atoms with van der Waals surface area (Å²) in [6, 6.07) is 10.5. The third-order valence-electron chi connectivity index (χ3n) is 4.96. The molecule has 0 saturated carbocycles. The minimum absolute atomic E-state index is 0.218. The summed E-state index contributed by atoms with van der Waals surface area (Å²) in [7, 11) is 0. The number of amides is 1. The van der Waals surface area contributed by atoms with Crippen LogP contribution in [0.25, 0.3) is 22.2 Å². The van der Waals surface area contributed by atoms with E-state index in [-0.39, 0.29) is 11.5 Å². The smallest absolute Gasteiger partial charge is 0.257 e. The molecule has 7 N–H and O–H groups in total. The number of H-pyrrole nitrogens is 1. The van der Waals surface area contributed by atoms with E-state index in [1.54, 1.807) is 30.3 Å². The molecule has 168 valence electrons. The van der Waals surface area contributed by atoms with Gasteiger partial charge in [0.2, 0.25) is 0 Å². The molecule has 0 aliphatic rings. The minimum Gasteiger partial charge on any atom is -0.493 e. The number of rotatable bonds is 9. The van der Waals surface area contributed by atoms with Gasteiger partial charge < -0.3 is 26.2 Å². The summed E-state index contributed by atoms with van der Waals surface area (Å²) >= 11 is 0. The van der Waals surface area contributed by atoms with Gasteiger partial charge >= 0.3 is 0 Å². The van der Waals surface area contributed by atoms with Crippen molar-refractivity contribution >= 4 is 16.8 Å². The van der Waals surface area contributed by atoms with E-state index in [2.05, 4.69) is 20.7 Å². The standard InChI is InChI=1S/C23H28N6O3/c1-3-32-21-12-20(18-8-6-14(2)27-23(18)31)28-19-11-15(7-9-17(19)21)22(30)26-10-4-5-16(13-24)29-25/h6-9,11-13,29H,3-5,10,24-25H2,1-2H3,(H,26,30)(H,27,31)/b16-13-. The highest BCUT2D eigenvalue weighted by Gasteiger charge is 2.14. The van der Waals surface area contributed by atoms with Crippen molar-refractivity contribution in [3.05, 3.63) is 69.9 Å². The Morgan fingerprint density at radius 1 is 1.25 bits per heavy atom. The van der Waals surface area contributed by atoms with Crippen LogP contribution >= 0.6 is 0 Å². The average Bonchev–Trinajstić information content (AvgIpc) is 2.78. The second kappa shape index (κ2) is 10.5. The zero-order valence-electron chi connectivity index (χ0n) is 18.2. The number of fused-ring (bicyclic) bond motifs is 1. The van der Waals surface area contributed by atoms with Crippen LogP contribution in [0, 0.1) is 6.92 Å². The lowest BCUT2D eigenvalue weighted by molar-refractivity contribution is 0.0953. The van der Waals surface area contributed by atoms with Crippen molar-refractivity contribution < 1.29 is 9.53 Å². The second-order valence-electron chi connectivity index (χ2n) is 7.25. The molecule has 0 bridgehead atoms. The summed E-state index contributed by atoms with van der Waals surface area (Å²) in [6.45, 7) is 4.63. The molecule has 0 unspecified atom stereocenters. The van der Waals surface area contributed by atoms with Crippen LogP contribution < -0.4 is 32.6 Å². The maximum absolute atomic E-state index is 12.6. The van der Waals surface area contributed by atoms with Crippen molar-refractivity contribution in [2.45, 2.75) is 26.7 Å². The molecule has 0 radical (unpaired) electrons. The van der Waals surface area contributed by atoms with Crippen LogP contribution in [0.2, 0.25) is 0 Å². The van der Waals surface area contributed by atoms with Gasteiger partial charge in [0.05, 0.1) is 23.4 Å². The van der Waals surface area contributed by atoms with Crippen LogP contribution in [0.3, 0.4) is 0 Å². The number of hydrogen-bond acceptors (Lipinski definition) is 7. The Morgan fingerprint density at radius 2 is 2.06 bits per heavy atom. The van der Waals surface area contributed by atoms with E-state index in [0.29, 0.717) is 59.8 Å². The molecule has 0 aliphatic carbocycles. The predicted octanol–water partition coefficient (Wildman–Crippen LogP) is 2.07. The van der Waals surface area contributed by atoms with E-state index in [4.69, 9.17) is 16.3 Å². The number of aromatic amines is 1. The molecule has 1 amide bonds. The number of nitrogens with zero attached hydrogens (tertiary/aromatic N) is 1. The fourth-order valence-corrected chi connectivity index (χ4v) is 3.31. The van der Waals surface area contributed by atoms with Crippen LogP contribution in [0.4, 0.5) is 0 Å². The number of pyridine rings is 2. The number of hydrogen-bond donors (Lipinski definition) is 5. The van der Waals surface area contributed by atoms with Gasteiger partial charge in [-0.1, -0.05) is 0 Å². The number of allylic oxidation sites excluding steroid dienone is 1. The first-order chi connectivity index (χ1) is 15.5. The predicted molar refractivity (Wildman–Crippen MR) is 125 cm³/mol. The number of nitrogens with two attached hydrogens (primary N) is 2. The number of aryl methyl sites for hydroxylation is 1. The molecule has 0 saturated heterocycles. The summed E-state index contributed by atoms with van der Waals surface area (Å²) < 4.78 is 5.78. The van der Waals surface area contributed by atoms with Crippen molar-refractivity contribution in [3.63, 3.8) is 0 Å². The minimum atomic E-state index is -0.230. The zero-order chi connectivity index (χ0) is 23.1. The highest BCUT2D eigenvalue weighted by Crippen LogP contribution is 2.30. The SMILES string of the molecule is CCOc1cc(-c2ccc(C)[nH]c2=O)nc2cc(C(=O)NCCC/C(=C/N)NN)ccc12.